The Morgan fingerprint density at radius 2 is 1.43 bits per heavy atom. The highest BCUT2D eigenvalue weighted by Gasteiger charge is 2.51. The van der Waals surface area contributed by atoms with Gasteiger partial charge in [0, 0.05) is 5.56 Å². The maximum Gasteiger partial charge on any atom is 0.494 e. The van der Waals surface area contributed by atoms with Crippen molar-refractivity contribution in [2.24, 2.45) is 0 Å². The third-order valence-electron chi connectivity index (χ3n) is 4.53. The second-order valence-electron chi connectivity index (χ2n) is 6.97. The van der Waals surface area contributed by atoms with Crippen molar-refractivity contribution in [3.8, 4) is 11.4 Å². The van der Waals surface area contributed by atoms with Crippen LogP contribution >= 0.6 is 0 Å². The van der Waals surface area contributed by atoms with Crippen LogP contribution in [0.15, 0.2) is 24.3 Å². The Balaban J connectivity index is 1.95. The van der Waals surface area contributed by atoms with Crippen LogP contribution in [-0.4, -0.2) is 33.3 Å². The zero-order valence-corrected chi connectivity index (χ0v) is 14.5. The van der Waals surface area contributed by atoms with Gasteiger partial charge < -0.3 is 9.31 Å². The molecule has 0 unspecified atom stereocenters. The number of hydrogen-bond acceptors (Lipinski definition) is 5. The normalized spacial score (nSPS) is 19.1. The molecule has 1 aromatic heterocycles. The Labute approximate surface area is 137 Å². The summed E-state index contributed by atoms with van der Waals surface area (Å²) in [5.41, 5.74) is 1.20. The van der Waals surface area contributed by atoms with Crippen molar-refractivity contribution in [3.63, 3.8) is 0 Å². The summed E-state index contributed by atoms with van der Waals surface area (Å²) in [6.45, 7) is 11.9. The van der Waals surface area contributed by atoms with Crippen LogP contribution in [0.5, 0.6) is 0 Å². The van der Waals surface area contributed by atoms with Crippen molar-refractivity contribution >= 4 is 12.6 Å². The summed E-state index contributed by atoms with van der Waals surface area (Å²) in [7, 11) is -0.385. The molecule has 1 saturated heterocycles. The highest BCUT2D eigenvalue weighted by atomic mass is 16.7. The Bertz CT molecular complexity index is 710. The highest BCUT2D eigenvalue weighted by molar-refractivity contribution is 6.62. The molecule has 120 valence electrons. The van der Waals surface area contributed by atoms with Gasteiger partial charge in [-0.05, 0) is 47.0 Å². The van der Waals surface area contributed by atoms with E-state index in [0.29, 0.717) is 17.5 Å². The predicted molar refractivity (Wildman–Crippen MR) is 90.5 cm³/mol. The first-order valence-electron chi connectivity index (χ1n) is 7.83. The van der Waals surface area contributed by atoms with Crippen molar-refractivity contribution < 1.29 is 9.31 Å². The fraction of sp³-hybridized carbons (Fsp3) is 0.471. The molecule has 6 heteroatoms. The third kappa shape index (κ3) is 3.01. The fourth-order valence-corrected chi connectivity index (χ4v) is 2.55. The number of nitrogens with zero attached hydrogens (tertiary/aromatic N) is 3. The molecule has 0 radical (unpaired) electrons. The predicted octanol–water partition coefficient (Wildman–Crippen LogP) is 2.45. The minimum atomic E-state index is -0.385. The molecule has 0 atom stereocenters. The number of aryl methyl sites for hydroxylation is 2. The van der Waals surface area contributed by atoms with Crippen LogP contribution in [0, 0.1) is 13.8 Å². The van der Waals surface area contributed by atoms with E-state index in [0.717, 1.165) is 11.0 Å². The molecule has 0 spiro atoms. The molecule has 3 rings (SSSR count). The van der Waals surface area contributed by atoms with Gasteiger partial charge >= 0.3 is 7.12 Å². The van der Waals surface area contributed by atoms with Crippen LogP contribution in [0.1, 0.15) is 39.3 Å². The van der Waals surface area contributed by atoms with Gasteiger partial charge in [0.25, 0.3) is 0 Å². The number of benzene rings is 1. The lowest BCUT2D eigenvalue weighted by Gasteiger charge is -2.32. The zero-order chi connectivity index (χ0) is 16.8. The van der Waals surface area contributed by atoms with Crippen molar-refractivity contribution in [1.29, 1.82) is 0 Å². The number of rotatable bonds is 2. The Morgan fingerprint density at radius 3 is 2.00 bits per heavy atom. The van der Waals surface area contributed by atoms with Crippen LogP contribution in [0.4, 0.5) is 0 Å². The molecule has 0 saturated carbocycles. The topological polar surface area (TPSA) is 57.1 Å². The summed E-state index contributed by atoms with van der Waals surface area (Å²) in [6.07, 6.45) is 0. The molecular formula is C17H22BN3O2. The first-order chi connectivity index (χ1) is 10.7. The summed E-state index contributed by atoms with van der Waals surface area (Å²) >= 11 is 0. The Morgan fingerprint density at radius 1 is 0.870 bits per heavy atom. The standard InChI is InChI=1S/C17H22BN3O2/c1-11-19-12(2)21-15(20-11)13-8-7-9-14(10-13)18-22-16(3,4)17(5,6)23-18/h7-10H,1-6H3. The molecule has 2 aromatic rings. The van der Waals surface area contributed by atoms with Crippen molar-refractivity contribution in [2.75, 3.05) is 0 Å². The fourth-order valence-electron chi connectivity index (χ4n) is 2.55. The van der Waals surface area contributed by atoms with E-state index in [2.05, 4.69) is 42.6 Å². The maximum atomic E-state index is 6.11. The van der Waals surface area contributed by atoms with Crippen LogP contribution < -0.4 is 5.46 Å². The van der Waals surface area contributed by atoms with Crippen molar-refractivity contribution in [1.82, 2.24) is 15.0 Å². The third-order valence-corrected chi connectivity index (χ3v) is 4.53. The molecule has 2 heterocycles. The molecule has 0 aliphatic carbocycles. The lowest BCUT2D eigenvalue weighted by Crippen LogP contribution is -2.41. The van der Waals surface area contributed by atoms with Crippen LogP contribution in [0.3, 0.4) is 0 Å². The number of hydrogen-bond donors (Lipinski definition) is 0. The zero-order valence-electron chi connectivity index (χ0n) is 14.5. The summed E-state index contributed by atoms with van der Waals surface area (Å²) in [5, 5.41) is 0. The minimum absolute atomic E-state index is 0.353. The SMILES string of the molecule is Cc1nc(C)nc(-c2cccc(B3OC(C)(C)C(C)(C)O3)c2)n1. The van der Waals surface area contributed by atoms with Crippen LogP contribution in [-0.2, 0) is 9.31 Å². The molecule has 23 heavy (non-hydrogen) atoms. The highest BCUT2D eigenvalue weighted by Crippen LogP contribution is 2.36. The van der Waals surface area contributed by atoms with Gasteiger partial charge in [-0.1, -0.05) is 24.3 Å². The van der Waals surface area contributed by atoms with E-state index >= 15 is 0 Å². The first-order valence-corrected chi connectivity index (χ1v) is 7.83. The van der Waals surface area contributed by atoms with E-state index in [1.54, 1.807) is 0 Å². The molecule has 0 amide bonds. The summed E-state index contributed by atoms with van der Waals surface area (Å²) < 4.78 is 12.2. The molecule has 1 aliphatic rings. The minimum Gasteiger partial charge on any atom is -0.399 e. The average Bonchev–Trinajstić information content (AvgIpc) is 2.67. The second kappa shape index (κ2) is 5.39. The second-order valence-corrected chi connectivity index (χ2v) is 6.97. The van der Waals surface area contributed by atoms with Crippen LogP contribution in [0.25, 0.3) is 11.4 Å². The quantitative estimate of drug-likeness (QED) is 0.797. The van der Waals surface area contributed by atoms with Gasteiger partial charge in [-0.25, -0.2) is 15.0 Å². The summed E-state index contributed by atoms with van der Waals surface area (Å²) in [5.74, 6) is 2.11. The summed E-state index contributed by atoms with van der Waals surface area (Å²) in [4.78, 5) is 13.1. The van der Waals surface area contributed by atoms with Gasteiger partial charge in [-0.2, -0.15) is 0 Å². The van der Waals surface area contributed by atoms with Gasteiger partial charge in [0.2, 0.25) is 0 Å². The van der Waals surface area contributed by atoms with Gasteiger partial charge in [-0.3, -0.25) is 0 Å². The van der Waals surface area contributed by atoms with Crippen molar-refractivity contribution in [3.05, 3.63) is 35.9 Å². The Kier molecular flexibility index (Phi) is 3.77. The van der Waals surface area contributed by atoms with Gasteiger partial charge in [-0.15, -0.1) is 0 Å². The molecule has 1 aliphatic heterocycles. The lowest BCUT2D eigenvalue weighted by atomic mass is 9.78. The lowest BCUT2D eigenvalue weighted by molar-refractivity contribution is 0.00578. The largest absolute Gasteiger partial charge is 0.494 e. The van der Waals surface area contributed by atoms with Crippen molar-refractivity contribution in [2.45, 2.75) is 52.7 Å². The van der Waals surface area contributed by atoms with E-state index in [1.165, 1.54) is 0 Å². The van der Waals surface area contributed by atoms with E-state index in [-0.39, 0.29) is 18.3 Å². The molecule has 0 N–H and O–H groups in total. The van der Waals surface area contributed by atoms with Gasteiger partial charge in [0.05, 0.1) is 11.2 Å². The number of aromatic nitrogens is 3. The van der Waals surface area contributed by atoms with Gasteiger partial charge in [0.1, 0.15) is 11.6 Å². The maximum absolute atomic E-state index is 6.11. The molecule has 1 aromatic carbocycles. The van der Waals surface area contributed by atoms with E-state index < -0.39 is 0 Å². The molecule has 1 fully saturated rings. The molecule has 5 nitrogen and oxygen atoms in total. The average molecular weight is 311 g/mol. The monoisotopic (exact) mass is 311 g/mol. The van der Waals surface area contributed by atoms with Gasteiger partial charge in [0.15, 0.2) is 5.82 Å². The summed E-state index contributed by atoms with van der Waals surface area (Å²) in [6, 6.07) is 8.00. The Hall–Kier alpha value is -1.79. The first kappa shape index (κ1) is 16.1. The smallest absolute Gasteiger partial charge is 0.399 e. The van der Waals surface area contributed by atoms with E-state index in [1.807, 2.05) is 38.1 Å². The molecule has 0 bridgehead atoms. The van der Waals surface area contributed by atoms with Crippen LogP contribution in [0.2, 0.25) is 0 Å². The van der Waals surface area contributed by atoms with E-state index in [9.17, 15) is 0 Å². The molecular weight excluding hydrogens is 289 g/mol. The van der Waals surface area contributed by atoms with E-state index in [4.69, 9.17) is 9.31 Å².